The van der Waals surface area contributed by atoms with Crippen LogP contribution >= 0.6 is 11.6 Å². The highest BCUT2D eigenvalue weighted by Crippen LogP contribution is 2.30. The smallest absolute Gasteiger partial charge is 0.387 e. The molecule has 2 aromatic carbocycles. The Labute approximate surface area is 155 Å². The van der Waals surface area contributed by atoms with Gasteiger partial charge in [0.1, 0.15) is 5.75 Å². The summed E-state index contributed by atoms with van der Waals surface area (Å²) in [6.45, 7) is -2.88. The molecule has 0 aliphatic heterocycles. The summed E-state index contributed by atoms with van der Waals surface area (Å²) in [5.41, 5.74) is 3.00. The van der Waals surface area contributed by atoms with Gasteiger partial charge in [0.25, 0.3) is 0 Å². The van der Waals surface area contributed by atoms with Gasteiger partial charge < -0.3 is 15.4 Å². The van der Waals surface area contributed by atoms with Crippen LogP contribution < -0.4 is 15.4 Å². The topological polar surface area (TPSA) is 50.4 Å². The molecule has 1 aliphatic carbocycles. The summed E-state index contributed by atoms with van der Waals surface area (Å²) in [4.78, 5) is 12.3. The fraction of sp³-hybridized carbons (Fsp3) is 0.316. The number of rotatable bonds is 6. The molecule has 4 nitrogen and oxygen atoms in total. The molecule has 2 aromatic rings. The fourth-order valence-corrected chi connectivity index (χ4v) is 3.36. The number of aryl methyl sites for hydroxylation is 1. The van der Waals surface area contributed by atoms with Gasteiger partial charge in [0.05, 0.1) is 17.6 Å². The van der Waals surface area contributed by atoms with Crippen LogP contribution in [0, 0.1) is 0 Å². The predicted molar refractivity (Wildman–Crippen MR) is 96.8 cm³/mol. The minimum atomic E-state index is -2.93. The Bertz CT molecular complexity index is 786. The largest absolute Gasteiger partial charge is 0.433 e. The van der Waals surface area contributed by atoms with E-state index in [0.29, 0.717) is 5.69 Å². The molecule has 1 amide bonds. The van der Waals surface area contributed by atoms with Crippen molar-refractivity contribution in [3.8, 4) is 5.75 Å². The van der Waals surface area contributed by atoms with Crippen molar-refractivity contribution >= 4 is 23.2 Å². The van der Waals surface area contributed by atoms with E-state index in [4.69, 9.17) is 11.6 Å². The Kier molecular flexibility index (Phi) is 5.93. The molecule has 0 heterocycles. The number of halogens is 3. The molecule has 7 heteroatoms. The number of carbonyl (C=O) groups is 1. The zero-order valence-electron chi connectivity index (χ0n) is 14.0. The Morgan fingerprint density at radius 2 is 2.08 bits per heavy atom. The van der Waals surface area contributed by atoms with E-state index in [1.54, 1.807) is 0 Å². The van der Waals surface area contributed by atoms with Gasteiger partial charge in [-0.3, -0.25) is 4.79 Å². The second-order valence-corrected chi connectivity index (χ2v) is 6.50. The number of hydrogen-bond donors (Lipinski definition) is 2. The first-order chi connectivity index (χ1) is 12.5. The van der Waals surface area contributed by atoms with Crippen LogP contribution in [-0.2, 0) is 11.2 Å². The van der Waals surface area contributed by atoms with E-state index in [2.05, 4.69) is 21.4 Å². The summed E-state index contributed by atoms with van der Waals surface area (Å²) in [5, 5.41) is 6.03. The summed E-state index contributed by atoms with van der Waals surface area (Å²) in [5.74, 6) is -0.244. The number of carbonyl (C=O) groups excluding carboxylic acids is 1. The van der Waals surface area contributed by atoms with Crippen LogP contribution in [0.3, 0.4) is 0 Å². The monoisotopic (exact) mass is 380 g/mol. The SMILES string of the molecule is O=C(CNc1ccc(OC(F)F)c(Cl)c1)NC1CCCc2ccccc21. The summed E-state index contributed by atoms with van der Waals surface area (Å²) < 4.78 is 28.8. The molecule has 0 saturated carbocycles. The van der Waals surface area contributed by atoms with Crippen molar-refractivity contribution < 1.29 is 18.3 Å². The van der Waals surface area contributed by atoms with Gasteiger partial charge in [-0.15, -0.1) is 0 Å². The third-order valence-electron chi connectivity index (χ3n) is 4.31. The molecule has 0 aromatic heterocycles. The van der Waals surface area contributed by atoms with Crippen LogP contribution in [0.4, 0.5) is 14.5 Å². The van der Waals surface area contributed by atoms with Gasteiger partial charge in [-0.25, -0.2) is 0 Å². The number of benzene rings is 2. The first-order valence-corrected chi connectivity index (χ1v) is 8.76. The van der Waals surface area contributed by atoms with Crippen LogP contribution in [0.2, 0.25) is 5.02 Å². The normalized spacial score (nSPS) is 16.1. The van der Waals surface area contributed by atoms with Gasteiger partial charge in [-0.05, 0) is 48.6 Å². The zero-order valence-corrected chi connectivity index (χ0v) is 14.7. The van der Waals surface area contributed by atoms with Crippen molar-refractivity contribution in [1.82, 2.24) is 5.32 Å². The molecule has 3 rings (SSSR count). The molecule has 1 aliphatic rings. The highest BCUT2D eigenvalue weighted by atomic mass is 35.5. The second-order valence-electron chi connectivity index (χ2n) is 6.09. The summed E-state index contributed by atoms with van der Waals surface area (Å²) in [6, 6.07) is 12.5. The van der Waals surface area contributed by atoms with Crippen molar-refractivity contribution in [3.05, 3.63) is 58.6 Å². The van der Waals surface area contributed by atoms with Crippen molar-refractivity contribution in [2.75, 3.05) is 11.9 Å². The van der Waals surface area contributed by atoms with Crippen LogP contribution in [0.1, 0.15) is 30.0 Å². The summed E-state index contributed by atoms with van der Waals surface area (Å²) in [6.07, 6.45) is 2.98. The summed E-state index contributed by atoms with van der Waals surface area (Å²) in [7, 11) is 0. The van der Waals surface area contributed by atoms with Gasteiger partial charge in [0, 0.05) is 5.69 Å². The lowest BCUT2D eigenvalue weighted by Gasteiger charge is -2.26. The average Bonchev–Trinajstić information content (AvgIpc) is 2.62. The minimum Gasteiger partial charge on any atom is -0.433 e. The quantitative estimate of drug-likeness (QED) is 0.773. The maximum Gasteiger partial charge on any atom is 0.387 e. The zero-order chi connectivity index (χ0) is 18.5. The molecule has 1 atom stereocenters. The molecule has 1 unspecified atom stereocenters. The lowest BCUT2D eigenvalue weighted by molar-refractivity contribution is -0.120. The van der Waals surface area contributed by atoms with Crippen molar-refractivity contribution in [3.63, 3.8) is 0 Å². The van der Waals surface area contributed by atoms with Crippen LogP contribution in [0.15, 0.2) is 42.5 Å². The van der Waals surface area contributed by atoms with Crippen molar-refractivity contribution in [1.29, 1.82) is 0 Å². The molecule has 0 fully saturated rings. The number of hydrogen-bond acceptors (Lipinski definition) is 3. The van der Waals surface area contributed by atoms with Gasteiger partial charge in [-0.1, -0.05) is 35.9 Å². The minimum absolute atomic E-state index is 0.0136. The maximum absolute atomic E-state index is 12.3. The van der Waals surface area contributed by atoms with Gasteiger partial charge in [0.2, 0.25) is 5.91 Å². The number of amides is 1. The molecule has 26 heavy (non-hydrogen) atoms. The van der Waals surface area contributed by atoms with Gasteiger partial charge in [0.15, 0.2) is 0 Å². The van der Waals surface area contributed by atoms with Crippen molar-refractivity contribution in [2.24, 2.45) is 0 Å². The molecule has 138 valence electrons. The Morgan fingerprint density at radius 1 is 1.27 bits per heavy atom. The Morgan fingerprint density at radius 3 is 2.85 bits per heavy atom. The van der Waals surface area contributed by atoms with E-state index in [1.807, 2.05) is 18.2 Å². The predicted octanol–water partition coefficient (Wildman–Crippen LogP) is 4.55. The summed E-state index contributed by atoms with van der Waals surface area (Å²) >= 11 is 5.90. The molecular weight excluding hydrogens is 362 g/mol. The van der Waals surface area contributed by atoms with Crippen LogP contribution in [0.25, 0.3) is 0 Å². The lowest BCUT2D eigenvalue weighted by atomic mass is 9.88. The molecule has 0 bridgehead atoms. The average molecular weight is 381 g/mol. The van der Waals surface area contributed by atoms with Gasteiger partial charge in [-0.2, -0.15) is 8.78 Å². The molecule has 0 spiro atoms. The van der Waals surface area contributed by atoms with Gasteiger partial charge >= 0.3 is 6.61 Å². The number of ether oxygens (including phenoxy) is 1. The van der Waals surface area contributed by atoms with Crippen molar-refractivity contribution in [2.45, 2.75) is 31.9 Å². The maximum atomic E-state index is 12.3. The fourth-order valence-electron chi connectivity index (χ4n) is 3.13. The van der Waals surface area contributed by atoms with E-state index in [-0.39, 0.29) is 29.3 Å². The molecule has 0 radical (unpaired) electrons. The van der Waals surface area contributed by atoms with E-state index in [9.17, 15) is 13.6 Å². The highest BCUT2D eigenvalue weighted by Gasteiger charge is 2.21. The number of nitrogens with one attached hydrogen (secondary N) is 2. The second kappa shape index (κ2) is 8.36. The molecular formula is C19H19ClF2N2O2. The first kappa shape index (κ1) is 18.5. The number of fused-ring (bicyclic) bond motifs is 1. The van der Waals surface area contributed by atoms with E-state index in [0.717, 1.165) is 19.3 Å². The first-order valence-electron chi connectivity index (χ1n) is 8.38. The standard InChI is InChI=1S/C19H19ClF2N2O2/c20-15-10-13(8-9-17(15)26-19(21)22)23-11-18(25)24-16-7-3-5-12-4-1-2-6-14(12)16/h1-2,4,6,8-10,16,19,23H,3,5,7,11H2,(H,24,25). The van der Waals surface area contributed by atoms with Crippen LogP contribution in [0.5, 0.6) is 5.75 Å². The highest BCUT2D eigenvalue weighted by molar-refractivity contribution is 6.32. The van der Waals surface area contributed by atoms with Crippen LogP contribution in [-0.4, -0.2) is 19.1 Å². The van der Waals surface area contributed by atoms with E-state index in [1.165, 1.54) is 29.3 Å². The van der Waals surface area contributed by atoms with E-state index < -0.39 is 6.61 Å². The third-order valence-corrected chi connectivity index (χ3v) is 4.60. The Hall–Kier alpha value is -2.34. The number of alkyl halides is 2. The number of anilines is 1. The van der Waals surface area contributed by atoms with E-state index >= 15 is 0 Å². The lowest BCUT2D eigenvalue weighted by Crippen LogP contribution is -2.35. The Balaban J connectivity index is 1.56. The third kappa shape index (κ3) is 4.64. The molecule has 0 saturated heterocycles. The molecule has 2 N–H and O–H groups in total.